The van der Waals surface area contributed by atoms with E-state index in [9.17, 15) is 4.79 Å². The van der Waals surface area contributed by atoms with E-state index in [0.29, 0.717) is 18.0 Å². The molecule has 3 heterocycles. The highest BCUT2D eigenvalue weighted by molar-refractivity contribution is 5.81. The van der Waals surface area contributed by atoms with Crippen molar-refractivity contribution in [3.05, 3.63) is 72.7 Å². The largest absolute Gasteiger partial charge is 0.485 e. The molecule has 2 aromatic heterocycles. The number of fused-ring (bicyclic) bond motifs is 1. The number of para-hydroxylation sites is 2. The Morgan fingerprint density at radius 2 is 1.88 bits per heavy atom. The van der Waals surface area contributed by atoms with Crippen molar-refractivity contribution in [1.82, 2.24) is 15.3 Å². The number of hydrogen-bond acceptors (Lipinski definition) is 5. The normalized spacial score (nSPS) is 15.3. The van der Waals surface area contributed by atoms with E-state index in [1.165, 1.54) is 0 Å². The molecule has 1 aromatic carbocycles. The van der Waals surface area contributed by atoms with Crippen molar-refractivity contribution in [2.24, 2.45) is 0 Å². The van der Waals surface area contributed by atoms with E-state index in [4.69, 9.17) is 9.47 Å². The summed E-state index contributed by atoms with van der Waals surface area (Å²) < 4.78 is 11.3. The molecule has 0 saturated carbocycles. The number of aromatic nitrogens is 2. The molecule has 4 rings (SSSR count). The van der Waals surface area contributed by atoms with Crippen LogP contribution in [0.5, 0.6) is 11.5 Å². The fraction of sp³-hybridized carbons (Fsp3) is 0.150. The number of nitrogens with zero attached hydrogens (tertiary/aromatic N) is 2. The van der Waals surface area contributed by atoms with Gasteiger partial charge in [0, 0.05) is 30.7 Å². The second-order valence-electron chi connectivity index (χ2n) is 5.87. The average Bonchev–Trinajstić information content (AvgIpc) is 2.72. The van der Waals surface area contributed by atoms with Gasteiger partial charge in [0.25, 0.3) is 5.91 Å². The van der Waals surface area contributed by atoms with E-state index < -0.39 is 6.10 Å². The molecular weight excluding hydrogens is 330 g/mol. The summed E-state index contributed by atoms with van der Waals surface area (Å²) in [4.78, 5) is 20.8. The third-order valence-electron chi connectivity index (χ3n) is 4.07. The third-order valence-corrected chi connectivity index (χ3v) is 4.07. The van der Waals surface area contributed by atoms with Crippen LogP contribution in [-0.2, 0) is 11.3 Å². The van der Waals surface area contributed by atoms with Crippen molar-refractivity contribution in [3.63, 3.8) is 0 Å². The lowest BCUT2D eigenvalue weighted by Crippen LogP contribution is -2.43. The number of ether oxygens (including phenoxy) is 2. The first-order valence-corrected chi connectivity index (χ1v) is 8.31. The maximum Gasteiger partial charge on any atom is 0.264 e. The number of hydrogen-bond donors (Lipinski definition) is 1. The zero-order chi connectivity index (χ0) is 17.8. The molecule has 3 aromatic rings. The molecule has 26 heavy (non-hydrogen) atoms. The molecule has 1 aliphatic rings. The molecular formula is C20H17N3O3. The van der Waals surface area contributed by atoms with E-state index >= 15 is 0 Å². The Morgan fingerprint density at radius 3 is 2.73 bits per heavy atom. The molecule has 0 fully saturated rings. The number of pyridine rings is 2. The molecule has 0 spiro atoms. The van der Waals surface area contributed by atoms with Crippen LogP contribution in [0.2, 0.25) is 0 Å². The highest BCUT2D eigenvalue weighted by Gasteiger charge is 2.26. The predicted molar refractivity (Wildman–Crippen MR) is 95.7 cm³/mol. The molecule has 6 heteroatoms. The fourth-order valence-corrected chi connectivity index (χ4v) is 2.72. The quantitative estimate of drug-likeness (QED) is 0.785. The number of rotatable bonds is 4. The highest BCUT2D eigenvalue weighted by atomic mass is 16.6. The molecule has 1 amide bonds. The standard InChI is InChI=1S/C20H17N3O3/c24-20(19-13-25-17-3-1-2-4-18(17)26-19)23-12-14-5-10-22-16(11-14)15-6-8-21-9-7-15/h1-11,19H,12-13H2,(H,23,24). The Balaban J connectivity index is 1.39. The number of carbonyl (C=O) groups is 1. The van der Waals surface area contributed by atoms with Crippen LogP contribution in [0, 0.1) is 0 Å². The molecule has 0 saturated heterocycles. The summed E-state index contributed by atoms with van der Waals surface area (Å²) in [7, 11) is 0. The van der Waals surface area contributed by atoms with Gasteiger partial charge in [-0.05, 0) is 42.0 Å². The number of amides is 1. The van der Waals surface area contributed by atoms with Gasteiger partial charge < -0.3 is 14.8 Å². The van der Waals surface area contributed by atoms with Gasteiger partial charge in [0.15, 0.2) is 11.5 Å². The van der Waals surface area contributed by atoms with E-state index in [-0.39, 0.29) is 12.5 Å². The van der Waals surface area contributed by atoms with Gasteiger partial charge in [-0.1, -0.05) is 12.1 Å². The minimum Gasteiger partial charge on any atom is -0.485 e. The number of carbonyl (C=O) groups excluding carboxylic acids is 1. The second-order valence-corrected chi connectivity index (χ2v) is 5.87. The van der Waals surface area contributed by atoms with Gasteiger partial charge in [0.1, 0.15) is 6.61 Å². The molecule has 130 valence electrons. The van der Waals surface area contributed by atoms with Crippen LogP contribution < -0.4 is 14.8 Å². The minimum atomic E-state index is -0.661. The van der Waals surface area contributed by atoms with Crippen molar-refractivity contribution < 1.29 is 14.3 Å². The summed E-state index contributed by atoms with van der Waals surface area (Å²) in [5.41, 5.74) is 2.77. The smallest absolute Gasteiger partial charge is 0.264 e. The van der Waals surface area contributed by atoms with E-state index in [1.54, 1.807) is 24.7 Å². The topological polar surface area (TPSA) is 73.3 Å². The highest BCUT2D eigenvalue weighted by Crippen LogP contribution is 2.30. The summed E-state index contributed by atoms with van der Waals surface area (Å²) >= 11 is 0. The van der Waals surface area contributed by atoms with Gasteiger partial charge in [-0.2, -0.15) is 0 Å². The van der Waals surface area contributed by atoms with Gasteiger partial charge in [0.05, 0.1) is 5.69 Å². The van der Waals surface area contributed by atoms with Crippen LogP contribution in [0.15, 0.2) is 67.1 Å². The Morgan fingerprint density at radius 1 is 1.08 bits per heavy atom. The summed E-state index contributed by atoms with van der Waals surface area (Å²) in [5.74, 6) is 1.04. The zero-order valence-corrected chi connectivity index (χ0v) is 14.0. The summed E-state index contributed by atoms with van der Waals surface area (Å²) in [6.07, 6.45) is 4.52. The molecule has 1 N–H and O–H groups in total. The predicted octanol–water partition coefficient (Wildman–Crippen LogP) is 2.60. The third kappa shape index (κ3) is 3.49. The van der Waals surface area contributed by atoms with Crippen molar-refractivity contribution >= 4 is 5.91 Å². The first-order chi connectivity index (χ1) is 12.8. The molecule has 1 aliphatic heterocycles. The molecule has 0 aliphatic carbocycles. The maximum absolute atomic E-state index is 12.4. The zero-order valence-electron chi connectivity index (χ0n) is 14.0. The summed E-state index contributed by atoms with van der Waals surface area (Å²) in [5, 5.41) is 2.89. The Labute approximate surface area is 150 Å². The first-order valence-electron chi connectivity index (χ1n) is 8.31. The monoisotopic (exact) mass is 347 g/mol. The fourth-order valence-electron chi connectivity index (χ4n) is 2.72. The second kappa shape index (κ2) is 7.23. The van der Waals surface area contributed by atoms with E-state index in [0.717, 1.165) is 16.8 Å². The molecule has 1 atom stereocenters. The van der Waals surface area contributed by atoms with Crippen LogP contribution in [-0.4, -0.2) is 28.6 Å². The van der Waals surface area contributed by atoms with Crippen LogP contribution >= 0.6 is 0 Å². The summed E-state index contributed by atoms with van der Waals surface area (Å²) in [6, 6.07) is 14.9. The number of nitrogens with one attached hydrogen (secondary N) is 1. The van der Waals surface area contributed by atoms with Crippen molar-refractivity contribution in [1.29, 1.82) is 0 Å². The van der Waals surface area contributed by atoms with Crippen LogP contribution in [0.1, 0.15) is 5.56 Å². The summed E-state index contributed by atoms with van der Waals surface area (Å²) in [6.45, 7) is 0.586. The molecule has 6 nitrogen and oxygen atoms in total. The SMILES string of the molecule is O=C(NCc1ccnc(-c2ccncc2)c1)C1COc2ccccc2O1. The molecule has 0 radical (unpaired) electrons. The lowest BCUT2D eigenvalue weighted by Gasteiger charge is -2.25. The Hall–Kier alpha value is -3.41. The van der Waals surface area contributed by atoms with E-state index in [2.05, 4.69) is 15.3 Å². The number of benzene rings is 1. The Bertz CT molecular complexity index is 915. The maximum atomic E-state index is 12.4. The van der Waals surface area contributed by atoms with Gasteiger partial charge in [-0.15, -0.1) is 0 Å². The van der Waals surface area contributed by atoms with Gasteiger partial charge in [-0.3, -0.25) is 14.8 Å². The average molecular weight is 347 g/mol. The first kappa shape index (κ1) is 16.1. The lowest BCUT2D eigenvalue weighted by molar-refractivity contribution is -0.130. The molecule has 1 unspecified atom stereocenters. The van der Waals surface area contributed by atoms with Crippen molar-refractivity contribution in [2.45, 2.75) is 12.6 Å². The Kier molecular flexibility index (Phi) is 4.47. The van der Waals surface area contributed by atoms with E-state index in [1.807, 2.05) is 42.5 Å². The van der Waals surface area contributed by atoms with Gasteiger partial charge in [-0.25, -0.2) is 0 Å². The molecule has 0 bridgehead atoms. The van der Waals surface area contributed by atoms with Crippen LogP contribution in [0.3, 0.4) is 0 Å². The van der Waals surface area contributed by atoms with Gasteiger partial charge >= 0.3 is 0 Å². The van der Waals surface area contributed by atoms with Crippen LogP contribution in [0.25, 0.3) is 11.3 Å². The minimum absolute atomic E-state index is 0.196. The van der Waals surface area contributed by atoms with Crippen LogP contribution in [0.4, 0.5) is 0 Å². The lowest BCUT2D eigenvalue weighted by atomic mass is 10.1. The van der Waals surface area contributed by atoms with Crippen molar-refractivity contribution in [2.75, 3.05) is 6.61 Å². The van der Waals surface area contributed by atoms with Gasteiger partial charge in [0.2, 0.25) is 6.10 Å². The van der Waals surface area contributed by atoms with Crippen molar-refractivity contribution in [3.8, 4) is 22.8 Å².